The van der Waals surface area contributed by atoms with Crippen LogP contribution in [0.3, 0.4) is 0 Å². The van der Waals surface area contributed by atoms with E-state index in [1.807, 2.05) is 13.8 Å². The highest BCUT2D eigenvalue weighted by atomic mass is 16.6. The van der Waals surface area contributed by atoms with Gasteiger partial charge in [0, 0.05) is 13.1 Å². The monoisotopic (exact) mass is 505 g/mol. The Labute approximate surface area is 220 Å². The van der Waals surface area contributed by atoms with Crippen molar-refractivity contribution >= 4 is 6.09 Å². The molecular formula is C31H55NO4. The highest BCUT2D eigenvalue weighted by Gasteiger charge is 2.64. The van der Waals surface area contributed by atoms with Crippen molar-refractivity contribution in [1.29, 1.82) is 0 Å². The Kier molecular flexibility index (Phi) is 8.71. The van der Waals surface area contributed by atoms with Crippen molar-refractivity contribution in [3.8, 4) is 0 Å². The van der Waals surface area contributed by atoms with E-state index in [4.69, 9.17) is 4.74 Å². The van der Waals surface area contributed by atoms with Gasteiger partial charge in [-0.1, -0.05) is 34.1 Å². The van der Waals surface area contributed by atoms with Gasteiger partial charge < -0.3 is 19.8 Å². The number of carbonyl (C=O) groups excluding carboxylic acids is 1. The average molecular weight is 506 g/mol. The van der Waals surface area contributed by atoms with Crippen LogP contribution < -0.4 is 0 Å². The molecule has 0 spiro atoms. The van der Waals surface area contributed by atoms with Gasteiger partial charge in [0.05, 0.1) is 18.8 Å². The van der Waals surface area contributed by atoms with Crippen molar-refractivity contribution < 1.29 is 19.7 Å². The molecular weight excluding hydrogens is 450 g/mol. The van der Waals surface area contributed by atoms with Gasteiger partial charge in [-0.25, -0.2) is 4.79 Å². The molecule has 2 unspecified atom stereocenters. The third-order valence-electron chi connectivity index (χ3n) is 12.2. The second-order valence-corrected chi connectivity index (χ2v) is 13.5. The van der Waals surface area contributed by atoms with Gasteiger partial charge in [0.2, 0.25) is 0 Å². The number of nitrogens with zero attached hydrogens (tertiary/aromatic N) is 1. The molecule has 0 heterocycles. The molecule has 0 saturated heterocycles. The van der Waals surface area contributed by atoms with E-state index in [-0.39, 0.29) is 23.7 Å². The van der Waals surface area contributed by atoms with Crippen molar-refractivity contribution in [1.82, 2.24) is 4.90 Å². The van der Waals surface area contributed by atoms with Gasteiger partial charge in [-0.05, 0) is 124 Å². The molecule has 4 aliphatic carbocycles. The minimum absolute atomic E-state index is 0.183. The zero-order valence-corrected chi connectivity index (χ0v) is 24.0. The number of carbonyl (C=O) groups is 1. The van der Waals surface area contributed by atoms with E-state index >= 15 is 0 Å². The van der Waals surface area contributed by atoms with Gasteiger partial charge in [-0.3, -0.25) is 0 Å². The maximum atomic E-state index is 12.2. The SMILES string of the molecule is CC[C@H]1[C@@H](O)[C@H]2[C@@H]3CC[C@H]([C@H](C)CCCOC(=O)N(CC)CC)C3(C)CC[C@@H]2C2(C)CC[C@@H](O)C[C@@H]12. The van der Waals surface area contributed by atoms with E-state index in [1.54, 1.807) is 4.90 Å². The van der Waals surface area contributed by atoms with Crippen LogP contribution in [0.4, 0.5) is 4.79 Å². The molecule has 4 fully saturated rings. The molecule has 4 aliphatic rings. The van der Waals surface area contributed by atoms with Gasteiger partial charge in [-0.2, -0.15) is 0 Å². The summed E-state index contributed by atoms with van der Waals surface area (Å²) < 4.78 is 5.54. The number of hydrogen-bond donors (Lipinski definition) is 2. The van der Waals surface area contributed by atoms with Crippen molar-refractivity contribution in [2.45, 2.75) is 118 Å². The molecule has 4 saturated carbocycles. The van der Waals surface area contributed by atoms with Gasteiger partial charge >= 0.3 is 6.09 Å². The lowest BCUT2D eigenvalue weighted by molar-refractivity contribution is -0.203. The molecule has 1 amide bonds. The Morgan fingerprint density at radius 1 is 0.972 bits per heavy atom. The zero-order valence-electron chi connectivity index (χ0n) is 24.0. The van der Waals surface area contributed by atoms with Crippen LogP contribution in [-0.4, -0.2) is 53.1 Å². The minimum atomic E-state index is -0.221. The Balaban J connectivity index is 1.42. The average Bonchev–Trinajstić information content (AvgIpc) is 3.21. The van der Waals surface area contributed by atoms with Crippen LogP contribution in [0.5, 0.6) is 0 Å². The van der Waals surface area contributed by atoms with Crippen molar-refractivity contribution in [3.63, 3.8) is 0 Å². The van der Waals surface area contributed by atoms with E-state index in [2.05, 4.69) is 27.7 Å². The molecule has 0 aliphatic heterocycles. The fraction of sp³-hybridized carbons (Fsp3) is 0.968. The number of amides is 1. The Morgan fingerprint density at radius 3 is 2.31 bits per heavy atom. The fourth-order valence-corrected chi connectivity index (χ4v) is 10.3. The molecule has 0 bridgehead atoms. The summed E-state index contributed by atoms with van der Waals surface area (Å²) in [4.78, 5) is 13.9. The molecule has 36 heavy (non-hydrogen) atoms. The van der Waals surface area contributed by atoms with Crippen LogP contribution in [0.15, 0.2) is 0 Å². The van der Waals surface area contributed by atoms with Gasteiger partial charge in [0.15, 0.2) is 0 Å². The smallest absolute Gasteiger partial charge is 0.409 e. The normalized spacial score (nSPS) is 44.8. The second-order valence-electron chi connectivity index (χ2n) is 13.5. The predicted octanol–water partition coefficient (Wildman–Crippen LogP) is 6.51. The lowest BCUT2D eigenvalue weighted by atomic mass is 9.41. The van der Waals surface area contributed by atoms with Crippen LogP contribution >= 0.6 is 0 Å². The maximum Gasteiger partial charge on any atom is 0.409 e. The molecule has 2 N–H and O–H groups in total. The van der Waals surface area contributed by atoms with E-state index in [0.29, 0.717) is 66.5 Å². The van der Waals surface area contributed by atoms with Crippen molar-refractivity contribution in [3.05, 3.63) is 0 Å². The maximum absolute atomic E-state index is 12.2. The standard InChI is InChI=1S/C31H55NO4/c1-7-22-26-19-21(33)14-16-31(26,6)25-15-17-30(5)23(12-13-24(30)27(25)28(22)34)20(4)11-10-18-36-29(35)32(8-2)9-3/h20-28,33-34H,7-19H2,1-6H3/t20-,21-,22-,23-,24+,25+,26+,27+,28-,30?,31?/m1/s1. The Bertz CT molecular complexity index is 755. The highest BCUT2D eigenvalue weighted by molar-refractivity contribution is 5.67. The van der Waals surface area contributed by atoms with E-state index in [0.717, 1.165) is 38.5 Å². The third-order valence-corrected chi connectivity index (χ3v) is 12.2. The summed E-state index contributed by atoms with van der Waals surface area (Å²) in [6.07, 6.45) is 10.4. The van der Waals surface area contributed by atoms with E-state index < -0.39 is 0 Å². The highest BCUT2D eigenvalue weighted by Crippen LogP contribution is 2.69. The lowest BCUT2D eigenvalue weighted by Crippen LogP contribution is -2.62. The third kappa shape index (κ3) is 4.74. The molecule has 5 nitrogen and oxygen atoms in total. The van der Waals surface area contributed by atoms with Crippen LogP contribution in [0.1, 0.15) is 106 Å². The first kappa shape index (κ1) is 28.2. The summed E-state index contributed by atoms with van der Waals surface area (Å²) in [6, 6.07) is 0. The van der Waals surface area contributed by atoms with Crippen molar-refractivity contribution in [2.24, 2.45) is 52.3 Å². The quantitative estimate of drug-likeness (QED) is 0.369. The number of aliphatic hydroxyl groups excluding tert-OH is 2. The number of ether oxygens (including phenoxy) is 1. The summed E-state index contributed by atoms with van der Waals surface area (Å²) in [7, 11) is 0. The van der Waals surface area contributed by atoms with Gasteiger partial charge in [0.1, 0.15) is 0 Å². The first-order chi connectivity index (χ1) is 17.1. The second kappa shape index (κ2) is 11.1. The first-order valence-electron chi connectivity index (χ1n) is 15.4. The molecule has 5 heteroatoms. The molecule has 208 valence electrons. The zero-order chi connectivity index (χ0) is 26.3. The topological polar surface area (TPSA) is 70.0 Å². The number of hydrogen-bond acceptors (Lipinski definition) is 4. The molecule has 4 rings (SSSR count). The minimum Gasteiger partial charge on any atom is -0.449 e. The first-order valence-corrected chi connectivity index (χ1v) is 15.4. The molecule has 0 aromatic heterocycles. The molecule has 11 atom stereocenters. The summed E-state index contributed by atoms with van der Waals surface area (Å²) in [5.74, 6) is 3.70. The van der Waals surface area contributed by atoms with Gasteiger partial charge in [0.25, 0.3) is 0 Å². The number of fused-ring (bicyclic) bond motifs is 5. The van der Waals surface area contributed by atoms with Crippen LogP contribution in [-0.2, 0) is 4.74 Å². The van der Waals surface area contributed by atoms with Crippen LogP contribution in [0, 0.1) is 52.3 Å². The van der Waals surface area contributed by atoms with Crippen molar-refractivity contribution in [2.75, 3.05) is 19.7 Å². The molecule has 0 radical (unpaired) electrons. The fourth-order valence-electron chi connectivity index (χ4n) is 10.3. The molecule has 0 aromatic rings. The van der Waals surface area contributed by atoms with E-state index in [9.17, 15) is 15.0 Å². The largest absolute Gasteiger partial charge is 0.449 e. The van der Waals surface area contributed by atoms with Crippen LogP contribution in [0.25, 0.3) is 0 Å². The lowest BCUT2D eigenvalue weighted by Gasteiger charge is -2.64. The summed E-state index contributed by atoms with van der Waals surface area (Å²) in [5, 5.41) is 22.4. The summed E-state index contributed by atoms with van der Waals surface area (Å²) in [5.41, 5.74) is 0.568. The van der Waals surface area contributed by atoms with Gasteiger partial charge in [-0.15, -0.1) is 0 Å². The predicted molar refractivity (Wildman–Crippen MR) is 144 cm³/mol. The Hall–Kier alpha value is -0.810. The summed E-state index contributed by atoms with van der Waals surface area (Å²) in [6.45, 7) is 15.6. The van der Waals surface area contributed by atoms with Crippen LogP contribution in [0.2, 0.25) is 0 Å². The number of aliphatic hydroxyl groups is 2. The number of rotatable bonds is 8. The Morgan fingerprint density at radius 2 is 1.64 bits per heavy atom. The van der Waals surface area contributed by atoms with E-state index in [1.165, 1.54) is 25.7 Å². The summed E-state index contributed by atoms with van der Waals surface area (Å²) >= 11 is 0. The molecule has 0 aromatic carbocycles.